The molecule has 0 aliphatic rings. The number of fused-ring (bicyclic) bond motifs is 6. The molecule has 0 amide bonds. The van der Waals surface area contributed by atoms with Gasteiger partial charge in [-0.3, -0.25) is 0 Å². The van der Waals surface area contributed by atoms with Crippen molar-refractivity contribution in [1.82, 2.24) is 0 Å². The highest BCUT2D eigenvalue weighted by Gasteiger charge is 2.17. The predicted molar refractivity (Wildman–Crippen MR) is 165 cm³/mol. The highest BCUT2D eigenvalue weighted by Crippen LogP contribution is 2.41. The summed E-state index contributed by atoms with van der Waals surface area (Å²) in [6, 6.07) is 47.9. The van der Waals surface area contributed by atoms with Crippen LogP contribution < -0.4 is 10.2 Å². The van der Waals surface area contributed by atoms with Crippen molar-refractivity contribution in [3.05, 3.63) is 140 Å². The van der Waals surface area contributed by atoms with Crippen LogP contribution in [0.25, 0.3) is 43.9 Å². The van der Waals surface area contributed by atoms with Gasteiger partial charge in [0.15, 0.2) is 0 Å². The molecule has 0 atom stereocenters. The minimum atomic E-state index is 0.878. The first-order chi connectivity index (χ1) is 19.8. The maximum absolute atomic E-state index is 6.13. The quantitative estimate of drug-likeness (QED) is 0.247. The van der Waals surface area contributed by atoms with Crippen molar-refractivity contribution in [1.29, 1.82) is 0 Å². The van der Waals surface area contributed by atoms with E-state index in [4.69, 9.17) is 8.83 Å². The number of nitrogens with zero attached hydrogens (tertiary/aromatic N) is 1. The lowest BCUT2D eigenvalue weighted by molar-refractivity contribution is 0.668. The fraction of sp³-hybridized carbons (Fsp3) is 0. The Labute approximate surface area is 230 Å². The number of hydrogen-bond donors (Lipinski definition) is 1. The molecule has 0 bridgehead atoms. The Morgan fingerprint density at radius 3 is 1.40 bits per heavy atom. The maximum atomic E-state index is 6.13. The van der Waals surface area contributed by atoms with E-state index in [1.54, 1.807) is 0 Å². The molecule has 0 saturated heterocycles. The van der Waals surface area contributed by atoms with E-state index in [1.807, 2.05) is 42.5 Å². The molecule has 0 unspecified atom stereocenters. The maximum Gasteiger partial charge on any atom is 0.135 e. The number of para-hydroxylation sites is 3. The summed E-state index contributed by atoms with van der Waals surface area (Å²) in [5, 5.41) is 7.89. The smallest absolute Gasteiger partial charge is 0.135 e. The summed E-state index contributed by atoms with van der Waals surface area (Å²) in [6.45, 7) is 0. The Balaban J connectivity index is 1.29. The summed E-state index contributed by atoms with van der Waals surface area (Å²) in [5.41, 5.74) is 8.78. The molecule has 1 N–H and O–H groups in total. The summed E-state index contributed by atoms with van der Waals surface area (Å²) in [6.07, 6.45) is 0. The normalized spacial score (nSPS) is 11.5. The predicted octanol–water partition coefficient (Wildman–Crippen LogP) is 10.7. The number of rotatable bonds is 5. The van der Waals surface area contributed by atoms with Crippen LogP contribution in [0.15, 0.2) is 148 Å². The average molecular weight is 517 g/mol. The number of furan rings is 2. The van der Waals surface area contributed by atoms with E-state index in [0.717, 1.165) is 72.3 Å². The summed E-state index contributed by atoms with van der Waals surface area (Å²) in [4.78, 5) is 2.29. The number of anilines is 5. The molecule has 0 spiro atoms. The Morgan fingerprint density at radius 1 is 0.375 bits per heavy atom. The molecule has 8 rings (SSSR count). The zero-order valence-electron chi connectivity index (χ0n) is 21.5. The van der Waals surface area contributed by atoms with Gasteiger partial charge in [0.1, 0.15) is 22.3 Å². The second kappa shape index (κ2) is 9.07. The van der Waals surface area contributed by atoms with Crippen molar-refractivity contribution in [2.45, 2.75) is 0 Å². The fourth-order valence-corrected chi connectivity index (χ4v) is 5.54. The van der Waals surface area contributed by atoms with Crippen molar-refractivity contribution in [2.75, 3.05) is 10.2 Å². The molecule has 0 saturated carbocycles. The van der Waals surface area contributed by atoms with Crippen LogP contribution >= 0.6 is 0 Å². The van der Waals surface area contributed by atoms with Crippen molar-refractivity contribution in [2.24, 2.45) is 0 Å². The molecule has 8 aromatic rings. The number of hydrogen-bond acceptors (Lipinski definition) is 4. The zero-order valence-corrected chi connectivity index (χ0v) is 21.5. The first-order valence-electron chi connectivity index (χ1n) is 13.4. The van der Waals surface area contributed by atoms with Crippen LogP contribution in [0.2, 0.25) is 0 Å². The third-order valence-electron chi connectivity index (χ3n) is 7.42. The second-order valence-corrected chi connectivity index (χ2v) is 9.93. The van der Waals surface area contributed by atoms with E-state index in [2.05, 4.69) is 107 Å². The Morgan fingerprint density at radius 2 is 0.825 bits per heavy atom. The molecule has 0 aliphatic carbocycles. The molecule has 4 nitrogen and oxygen atoms in total. The SMILES string of the molecule is c1ccc(Nc2ccc(N(c3ccc4oc5ccccc5c4c3)c3ccc4oc5ccccc5c4c3)cc2)cc1. The van der Waals surface area contributed by atoms with Crippen LogP contribution in [0.4, 0.5) is 28.4 Å². The Bertz CT molecular complexity index is 2030. The molecular formula is C36H24N2O2. The molecular weight excluding hydrogens is 492 g/mol. The van der Waals surface area contributed by atoms with Gasteiger partial charge >= 0.3 is 0 Å². The average Bonchev–Trinajstić information content (AvgIpc) is 3.57. The summed E-state index contributed by atoms with van der Waals surface area (Å²) in [5.74, 6) is 0. The van der Waals surface area contributed by atoms with Crippen molar-refractivity contribution in [3.63, 3.8) is 0 Å². The van der Waals surface area contributed by atoms with Crippen molar-refractivity contribution in [3.8, 4) is 0 Å². The molecule has 40 heavy (non-hydrogen) atoms. The molecule has 0 radical (unpaired) electrons. The Hall–Kier alpha value is -5.48. The van der Waals surface area contributed by atoms with Crippen molar-refractivity contribution < 1.29 is 8.83 Å². The Kier molecular flexibility index (Phi) is 5.10. The minimum Gasteiger partial charge on any atom is -0.456 e. The van der Waals surface area contributed by atoms with Gasteiger partial charge in [0.2, 0.25) is 0 Å². The first-order valence-corrected chi connectivity index (χ1v) is 13.4. The van der Waals surface area contributed by atoms with Gasteiger partial charge in [0.05, 0.1) is 0 Å². The van der Waals surface area contributed by atoms with Crippen LogP contribution in [0.3, 0.4) is 0 Å². The molecule has 0 aliphatic heterocycles. The van der Waals surface area contributed by atoms with Crippen molar-refractivity contribution >= 4 is 72.3 Å². The van der Waals surface area contributed by atoms with Gasteiger partial charge in [-0.05, 0) is 84.9 Å². The molecule has 0 fully saturated rings. The van der Waals surface area contributed by atoms with E-state index in [9.17, 15) is 0 Å². The van der Waals surface area contributed by atoms with Crippen LogP contribution in [0, 0.1) is 0 Å². The van der Waals surface area contributed by atoms with Gasteiger partial charge in [0.25, 0.3) is 0 Å². The van der Waals surface area contributed by atoms with Gasteiger partial charge in [-0.2, -0.15) is 0 Å². The van der Waals surface area contributed by atoms with E-state index in [0.29, 0.717) is 0 Å². The van der Waals surface area contributed by atoms with E-state index in [1.165, 1.54) is 0 Å². The fourth-order valence-electron chi connectivity index (χ4n) is 5.54. The van der Waals surface area contributed by atoms with Crippen LogP contribution in [0.1, 0.15) is 0 Å². The van der Waals surface area contributed by atoms with Gasteiger partial charge in [0, 0.05) is 50.0 Å². The molecule has 190 valence electrons. The molecule has 4 heteroatoms. The zero-order chi connectivity index (χ0) is 26.5. The lowest BCUT2D eigenvalue weighted by Gasteiger charge is -2.26. The van der Waals surface area contributed by atoms with Gasteiger partial charge in [-0.15, -0.1) is 0 Å². The summed E-state index contributed by atoms with van der Waals surface area (Å²) < 4.78 is 12.3. The molecule has 2 aromatic heterocycles. The number of nitrogens with one attached hydrogen (secondary N) is 1. The standard InChI is InChI=1S/C36H24N2O2/c1-2-8-24(9-3-1)37-25-14-16-26(17-15-25)38(27-18-20-35-31(22-27)29-10-4-6-12-33(29)39-35)28-19-21-36-32(23-28)30-11-5-7-13-34(30)40-36/h1-23,37H. The summed E-state index contributed by atoms with van der Waals surface area (Å²) in [7, 11) is 0. The van der Waals surface area contributed by atoms with Gasteiger partial charge in [-0.25, -0.2) is 0 Å². The third-order valence-corrected chi connectivity index (χ3v) is 7.42. The van der Waals surface area contributed by atoms with E-state index in [-0.39, 0.29) is 0 Å². The van der Waals surface area contributed by atoms with Crippen LogP contribution in [-0.2, 0) is 0 Å². The molecule has 2 heterocycles. The van der Waals surface area contributed by atoms with Gasteiger partial charge in [-0.1, -0.05) is 54.6 Å². The van der Waals surface area contributed by atoms with Gasteiger partial charge < -0.3 is 19.1 Å². The topological polar surface area (TPSA) is 41.5 Å². The monoisotopic (exact) mass is 516 g/mol. The minimum absolute atomic E-state index is 0.878. The first kappa shape index (κ1) is 22.5. The second-order valence-electron chi connectivity index (χ2n) is 9.93. The lowest BCUT2D eigenvalue weighted by Crippen LogP contribution is -2.09. The van der Waals surface area contributed by atoms with Crippen LogP contribution in [0.5, 0.6) is 0 Å². The largest absolute Gasteiger partial charge is 0.456 e. The highest BCUT2D eigenvalue weighted by molar-refractivity contribution is 6.08. The molecule has 6 aromatic carbocycles. The highest BCUT2D eigenvalue weighted by atomic mass is 16.3. The van der Waals surface area contributed by atoms with E-state index >= 15 is 0 Å². The lowest BCUT2D eigenvalue weighted by atomic mass is 10.1. The number of benzene rings is 6. The third kappa shape index (κ3) is 3.77. The summed E-state index contributed by atoms with van der Waals surface area (Å²) >= 11 is 0. The van der Waals surface area contributed by atoms with E-state index < -0.39 is 0 Å². The van der Waals surface area contributed by atoms with Crippen LogP contribution in [-0.4, -0.2) is 0 Å².